The number of hydrogen-bond acceptors (Lipinski definition) is 5. The number of hydrogen-bond donors (Lipinski definition) is 1. The first-order valence-corrected chi connectivity index (χ1v) is 7.82. The van der Waals surface area contributed by atoms with Crippen LogP contribution in [-0.4, -0.2) is 23.9 Å². The predicted molar refractivity (Wildman–Crippen MR) is 72.9 cm³/mol. The van der Waals surface area contributed by atoms with Crippen molar-refractivity contribution < 1.29 is 9.26 Å². The molecule has 1 aromatic rings. The molecule has 2 N–H and O–H groups in total. The van der Waals surface area contributed by atoms with Crippen molar-refractivity contribution in [3.8, 4) is 0 Å². The molecular formula is C15H23N3O2. The average molecular weight is 277 g/mol. The summed E-state index contributed by atoms with van der Waals surface area (Å²) in [5, 5.41) is 4.08. The van der Waals surface area contributed by atoms with Crippen LogP contribution < -0.4 is 5.73 Å². The monoisotopic (exact) mass is 277 g/mol. The van der Waals surface area contributed by atoms with Crippen LogP contribution in [0.4, 0.5) is 0 Å². The molecule has 0 saturated heterocycles. The van der Waals surface area contributed by atoms with E-state index in [4.69, 9.17) is 15.0 Å². The molecule has 4 fully saturated rings. The number of aromatic nitrogens is 2. The van der Waals surface area contributed by atoms with Gasteiger partial charge in [-0.2, -0.15) is 4.98 Å². The van der Waals surface area contributed by atoms with Crippen LogP contribution in [0.25, 0.3) is 0 Å². The minimum absolute atomic E-state index is 0.283. The Kier molecular flexibility index (Phi) is 3.07. The lowest BCUT2D eigenvalue weighted by Gasteiger charge is -2.53. The lowest BCUT2D eigenvalue weighted by Crippen LogP contribution is -2.43. The van der Waals surface area contributed by atoms with Crippen molar-refractivity contribution >= 4 is 0 Å². The molecule has 5 heteroatoms. The van der Waals surface area contributed by atoms with E-state index in [1.54, 1.807) is 7.11 Å². The summed E-state index contributed by atoms with van der Waals surface area (Å²) in [6.45, 7) is 0.431. The van der Waals surface area contributed by atoms with Gasteiger partial charge in [-0.1, -0.05) is 5.16 Å². The first-order chi connectivity index (χ1) is 9.74. The summed E-state index contributed by atoms with van der Waals surface area (Å²) in [5.74, 6) is 5.37. The third kappa shape index (κ3) is 1.99. The summed E-state index contributed by atoms with van der Waals surface area (Å²) >= 11 is 0. The smallest absolute Gasteiger partial charge is 0.230 e. The van der Waals surface area contributed by atoms with Crippen molar-refractivity contribution in [2.75, 3.05) is 13.7 Å². The fraction of sp³-hybridized carbons (Fsp3) is 0.867. The summed E-state index contributed by atoms with van der Waals surface area (Å²) in [7, 11) is 1.64. The maximum absolute atomic E-state index is 5.98. The van der Waals surface area contributed by atoms with Gasteiger partial charge in [0, 0.05) is 13.0 Å². The van der Waals surface area contributed by atoms with Gasteiger partial charge < -0.3 is 15.0 Å². The van der Waals surface area contributed by atoms with Crippen LogP contribution in [0.2, 0.25) is 0 Å². The van der Waals surface area contributed by atoms with Crippen molar-refractivity contribution in [3.05, 3.63) is 11.7 Å². The molecule has 1 atom stereocenters. The molecule has 5 rings (SSSR count). The summed E-state index contributed by atoms with van der Waals surface area (Å²) in [6.07, 6.45) is 6.91. The number of ether oxygens (including phenoxy) is 1. The second kappa shape index (κ2) is 4.81. The molecule has 110 valence electrons. The number of nitrogens with two attached hydrogens (primary N) is 1. The van der Waals surface area contributed by atoms with Gasteiger partial charge in [0.1, 0.15) is 0 Å². The Bertz CT molecular complexity index is 459. The van der Waals surface area contributed by atoms with Crippen molar-refractivity contribution in [1.29, 1.82) is 0 Å². The lowest BCUT2D eigenvalue weighted by atomic mass is 9.52. The van der Waals surface area contributed by atoms with Crippen molar-refractivity contribution in [2.24, 2.45) is 29.4 Å². The van der Waals surface area contributed by atoms with E-state index in [9.17, 15) is 0 Å². The van der Waals surface area contributed by atoms with Gasteiger partial charge in [-0.3, -0.25) is 0 Å². The van der Waals surface area contributed by atoms with Crippen LogP contribution in [0, 0.1) is 23.7 Å². The molecule has 5 nitrogen and oxygen atoms in total. The second-order valence-electron chi connectivity index (χ2n) is 7.01. The predicted octanol–water partition coefficient (Wildman–Crippen LogP) is 2.26. The Morgan fingerprint density at radius 1 is 1.20 bits per heavy atom. The van der Waals surface area contributed by atoms with E-state index in [1.165, 1.54) is 32.1 Å². The zero-order valence-corrected chi connectivity index (χ0v) is 12.0. The Morgan fingerprint density at radius 2 is 1.85 bits per heavy atom. The molecule has 4 bridgehead atoms. The maximum Gasteiger partial charge on any atom is 0.230 e. The van der Waals surface area contributed by atoms with Gasteiger partial charge in [-0.05, 0) is 55.8 Å². The zero-order chi connectivity index (χ0) is 13.7. The van der Waals surface area contributed by atoms with Crippen LogP contribution in [0.5, 0.6) is 0 Å². The molecule has 4 saturated carbocycles. The molecule has 1 unspecified atom stereocenters. The Balaban J connectivity index is 1.56. The first kappa shape index (κ1) is 12.8. The molecular weight excluding hydrogens is 254 g/mol. The van der Waals surface area contributed by atoms with E-state index >= 15 is 0 Å². The molecule has 4 aliphatic rings. The molecule has 4 aliphatic carbocycles. The van der Waals surface area contributed by atoms with Crippen LogP contribution in [-0.2, 0) is 4.74 Å². The van der Waals surface area contributed by atoms with Gasteiger partial charge in [-0.15, -0.1) is 0 Å². The largest absolute Gasteiger partial charge is 0.383 e. The van der Waals surface area contributed by atoms with Crippen LogP contribution >= 0.6 is 0 Å². The van der Waals surface area contributed by atoms with Crippen molar-refractivity contribution in [1.82, 2.24) is 10.1 Å². The van der Waals surface area contributed by atoms with E-state index in [0.29, 0.717) is 18.3 Å². The SMILES string of the molecule is COCC(N)c1noc(C2C3CC4CC(C3)CC2C4)n1. The van der Waals surface area contributed by atoms with Gasteiger partial charge in [-0.25, -0.2) is 0 Å². The molecule has 0 aromatic carbocycles. The summed E-state index contributed by atoms with van der Waals surface area (Å²) < 4.78 is 10.6. The number of nitrogens with zero attached hydrogens (tertiary/aromatic N) is 2. The van der Waals surface area contributed by atoms with E-state index in [2.05, 4.69) is 10.1 Å². The Labute approximate surface area is 119 Å². The fourth-order valence-corrected chi connectivity index (χ4v) is 5.12. The van der Waals surface area contributed by atoms with Crippen molar-refractivity contribution in [2.45, 2.75) is 44.1 Å². The van der Waals surface area contributed by atoms with Gasteiger partial charge >= 0.3 is 0 Å². The molecule has 0 spiro atoms. The van der Waals surface area contributed by atoms with Gasteiger partial charge in [0.15, 0.2) is 5.82 Å². The summed E-state index contributed by atoms with van der Waals surface area (Å²) in [6, 6.07) is -0.283. The van der Waals surface area contributed by atoms with Gasteiger partial charge in [0.2, 0.25) is 5.89 Å². The molecule has 20 heavy (non-hydrogen) atoms. The molecule has 0 radical (unpaired) electrons. The second-order valence-corrected chi connectivity index (χ2v) is 7.01. The van der Waals surface area contributed by atoms with Crippen LogP contribution in [0.3, 0.4) is 0 Å². The fourth-order valence-electron chi connectivity index (χ4n) is 5.12. The lowest BCUT2D eigenvalue weighted by molar-refractivity contribution is -0.0131. The van der Waals surface area contributed by atoms with E-state index in [1.807, 2.05) is 0 Å². The topological polar surface area (TPSA) is 74.2 Å². The third-order valence-corrected chi connectivity index (χ3v) is 5.65. The van der Waals surface area contributed by atoms with E-state index in [-0.39, 0.29) is 6.04 Å². The molecule has 0 aliphatic heterocycles. The highest BCUT2D eigenvalue weighted by molar-refractivity contribution is 5.09. The quantitative estimate of drug-likeness (QED) is 0.913. The Hall–Kier alpha value is -0.940. The molecule has 1 heterocycles. The summed E-state index contributed by atoms with van der Waals surface area (Å²) in [4.78, 5) is 4.59. The normalized spacial score (nSPS) is 40.2. The maximum atomic E-state index is 5.98. The molecule has 1 aromatic heterocycles. The standard InChI is InChI=1S/C15H23N3O2/c1-19-7-12(16)14-17-15(20-18-14)13-10-3-8-2-9(5-10)6-11(13)4-8/h8-13H,2-7,16H2,1H3. The van der Waals surface area contributed by atoms with Crippen LogP contribution in [0.15, 0.2) is 4.52 Å². The number of methoxy groups -OCH3 is 1. The Morgan fingerprint density at radius 3 is 2.45 bits per heavy atom. The summed E-state index contributed by atoms with van der Waals surface area (Å²) in [5.41, 5.74) is 5.98. The highest BCUT2D eigenvalue weighted by atomic mass is 16.5. The highest BCUT2D eigenvalue weighted by Gasteiger charge is 2.50. The van der Waals surface area contributed by atoms with E-state index in [0.717, 1.165) is 29.6 Å². The number of rotatable bonds is 4. The zero-order valence-electron chi connectivity index (χ0n) is 12.0. The molecule has 0 amide bonds. The third-order valence-electron chi connectivity index (χ3n) is 5.65. The first-order valence-electron chi connectivity index (χ1n) is 7.82. The van der Waals surface area contributed by atoms with Gasteiger partial charge in [0.25, 0.3) is 0 Å². The van der Waals surface area contributed by atoms with Crippen molar-refractivity contribution in [3.63, 3.8) is 0 Å². The van der Waals surface area contributed by atoms with Gasteiger partial charge in [0.05, 0.1) is 12.6 Å². The van der Waals surface area contributed by atoms with Crippen LogP contribution in [0.1, 0.15) is 55.8 Å². The minimum Gasteiger partial charge on any atom is -0.383 e. The van der Waals surface area contributed by atoms with E-state index < -0.39 is 0 Å². The minimum atomic E-state index is -0.283. The highest BCUT2D eigenvalue weighted by Crippen LogP contribution is 2.59. The average Bonchev–Trinajstić information content (AvgIpc) is 2.87.